The maximum Gasteiger partial charge on any atom is 0.266 e. The average Bonchev–Trinajstić information content (AvgIpc) is 2.73. The largest absolute Gasteiger partial charge is 0.487 e. The third-order valence-electron chi connectivity index (χ3n) is 4.09. The first kappa shape index (κ1) is 22.7. The molecule has 4 nitrogen and oxygen atoms in total. The van der Waals surface area contributed by atoms with Gasteiger partial charge >= 0.3 is 0 Å². The monoisotopic (exact) mass is 546 g/mol. The number of para-hydroxylation sites is 1. The van der Waals surface area contributed by atoms with Crippen LogP contribution in [0.4, 0.5) is 14.5 Å². The second kappa shape index (κ2) is 10.3. The number of benzene rings is 3. The number of rotatable bonds is 6. The summed E-state index contributed by atoms with van der Waals surface area (Å²) in [6, 6.07) is 16.9. The fourth-order valence-electron chi connectivity index (χ4n) is 2.65. The summed E-state index contributed by atoms with van der Waals surface area (Å²) in [5.74, 6) is -1.20. The lowest BCUT2D eigenvalue weighted by molar-refractivity contribution is -0.112. The molecule has 3 aromatic carbocycles. The molecule has 0 spiro atoms. The van der Waals surface area contributed by atoms with Gasteiger partial charge in [0.05, 0.1) is 14.6 Å². The van der Waals surface area contributed by atoms with Gasteiger partial charge in [-0.3, -0.25) is 4.79 Å². The van der Waals surface area contributed by atoms with Crippen LogP contribution in [0.1, 0.15) is 11.1 Å². The van der Waals surface area contributed by atoms with Crippen LogP contribution in [0.5, 0.6) is 5.75 Å². The Hall–Kier alpha value is -3.02. The van der Waals surface area contributed by atoms with Crippen molar-refractivity contribution >= 4 is 49.5 Å². The molecule has 0 aliphatic carbocycles. The van der Waals surface area contributed by atoms with Gasteiger partial charge < -0.3 is 10.1 Å². The third kappa shape index (κ3) is 6.00. The van der Waals surface area contributed by atoms with E-state index in [0.717, 1.165) is 0 Å². The molecule has 0 saturated heterocycles. The van der Waals surface area contributed by atoms with Crippen molar-refractivity contribution in [2.45, 2.75) is 6.61 Å². The van der Waals surface area contributed by atoms with E-state index in [2.05, 4.69) is 37.2 Å². The number of ether oxygens (including phenoxy) is 1. The summed E-state index contributed by atoms with van der Waals surface area (Å²) >= 11 is 6.81. The standard InChI is InChI=1S/C23H14Br2F2N2O2/c24-18-10-15(8-16(12-28)23(30)29-21-7-2-1-6-20(21)27)11-19(25)22(18)31-13-14-4-3-5-17(26)9-14/h1-11H,13H2,(H,29,30)/b16-8-. The summed E-state index contributed by atoms with van der Waals surface area (Å²) in [4.78, 5) is 12.4. The van der Waals surface area contributed by atoms with E-state index < -0.39 is 11.7 Å². The summed E-state index contributed by atoms with van der Waals surface area (Å²) in [6.45, 7) is 0.151. The fourth-order valence-corrected chi connectivity index (χ4v) is 4.10. The van der Waals surface area contributed by atoms with Gasteiger partial charge in [-0.15, -0.1) is 0 Å². The SMILES string of the molecule is N#C/C(=C/c1cc(Br)c(OCc2cccc(F)c2)c(Br)c1)C(=O)Nc1ccccc1F. The molecule has 0 saturated carbocycles. The summed E-state index contributed by atoms with van der Waals surface area (Å²) < 4.78 is 34.0. The zero-order chi connectivity index (χ0) is 22.4. The maximum atomic E-state index is 13.7. The zero-order valence-electron chi connectivity index (χ0n) is 15.8. The third-order valence-corrected chi connectivity index (χ3v) is 5.27. The Morgan fingerprint density at radius 3 is 2.42 bits per heavy atom. The van der Waals surface area contributed by atoms with Gasteiger partial charge in [-0.05, 0) is 85.5 Å². The molecule has 1 amide bonds. The lowest BCUT2D eigenvalue weighted by atomic mass is 10.1. The molecule has 0 aliphatic rings. The average molecular weight is 548 g/mol. The van der Waals surface area contributed by atoms with Crippen LogP contribution in [-0.2, 0) is 11.4 Å². The zero-order valence-corrected chi connectivity index (χ0v) is 19.0. The van der Waals surface area contributed by atoms with E-state index in [0.29, 0.717) is 25.8 Å². The normalized spacial score (nSPS) is 11.0. The molecule has 0 heterocycles. The molecule has 3 aromatic rings. The number of anilines is 1. The summed E-state index contributed by atoms with van der Waals surface area (Å²) in [5, 5.41) is 11.8. The summed E-state index contributed by atoms with van der Waals surface area (Å²) in [5.41, 5.74) is 0.990. The molecule has 0 fully saturated rings. The van der Waals surface area contributed by atoms with Crippen LogP contribution >= 0.6 is 31.9 Å². The second-order valence-electron chi connectivity index (χ2n) is 6.34. The van der Waals surface area contributed by atoms with Crippen LogP contribution in [0.15, 0.2) is 75.2 Å². The number of nitrogens with zero attached hydrogens (tertiary/aromatic N) is 1. The number of nitrogens with one attached hydrogen (secondary N) is 1. The second-order valence-corrected chi connectivity index (χ2v) is 8.04. The highest BCUT2D eigenvalue weighted by molar-refractivity contribution is 9.11. The number of hydrogen-bond donors (Lipinski definition) is 1. The van der Waals surface area contributed by atoms with Crippen molar-refractivity contribution < 1.29 is 18.3 Å². The molecule has 1 N–H and O–H groups in total. The van der Waals surface area contributed by atoms with E-state index in [1.165, 1.54) is 36.4 Å². The number of halogens is 4. The Bertz CT molecular complexity index is 1180. The quantitative estimate of drug-likeness (QED) is 0.279. The van der Waals surface area contributed by atoms with Crippen molar-refractivity contribution in [2.24, 2.45) is 0 Å². The first-order valence-corrected chi connectivity index (χ1v) is 10.5. The van der Waals surface area contributed by atoms with Gasteiger partial charge in [0.25, 0.3) is 5.91 Å². The van der Waals surface area contributed by atoms with Gasteiger partial charge in [-0.1, -0.05) is 24.3 Å². The highest BCUT2D eigenvalue weighted by atomic mass is 79.9. The van der Waals surface area contributed by atoms with Crippen LogP contribution in [-0.4, -0.2) is 5.91 Å². The predicted octanol–water partition coefficient (Wildman–Crippen LogP) is 6.61. The van der Waals surface area contributed by atoms with Gasteiger partial charge in [0.2, 0.25) is 0 Å². The van der Waals surface area contributed by atoms with E-state index in [1.807, 2.05) is 6.07 Å². The van der Waals surface area contributed by atoms with Crippen molar-refractivity contribution in [1.82, 2.24) is 0 Å². The fraction of sp³-hybridized carbons (Fsp3) is 0.0435. The van der Waals surface area contributed by atoms with Crippen LogP contribution in [0, 0.1) is 23.0 Å². The number of carbonyl (C=O) groups is 1. The number of hydrogen-bond acceptors (Lipinski definition) is 3. The Balaban J connectivity index is 1.78. The first-order chi connectivity index (χ1) is 14.9. The van der Waals surface area contributed by atoms with Crippen molar-refractivity contribution in [2.75, 3.05) is 5.32 Å². The Morgan fingerprint density at radius 2 is 1.77 bits per heavy atom. The Morgan fingerprint density at radius 1 is 1.06 bits per heavy atom. The van der Waals surface area contributed by atoms with Crippen LogP contribution in [0.3, 0.4) is 0 Å². The molecule has 0 aromatic heterocycles. The van der Waals surface area contributed by atoms with Gasteiger partial charge in [-0.25, -0.2) is 8.78 Å². The molecular weight excluding hydrogens is 534 g/mol. The van der Waals surface area contributed by atoms with Crippen molar-refractivity contribution in [3.8, 4) is 11.8 Å². The smallest absolute Gasteiger partial charge is 0.266 e. The molecule has 0 aliphatic heterocycles. The van der Waals surface area contributed by atoms with Gasteiger partial charge in [-0.2, -0.15) is 5.26 Å². The van der Waals surface area contributed by atoms with Gasteiger partial charge in [0.1, 0.15) is 35.6 Å². The number of carbonyl (C=O) groups excluding carboxylic acids is 1. The Kier molecular flexibility index (Phi) is 7.55. The lowest BCUT2D eigenvalue weighted by Crippen LogP contribution is -2.14. The van der Waals surface area contributed by atoms with E-state index in [-0.39, 0.29) is 23.7 Å². The molecule has 0 unspecified atom stereocenters. The lowest BCUT2D eigenvalue weighted by Gasteiger charge is -2.12. The first-order valence-electron chi connectivity index (χ1n) is 8.91. The number of nitriles is 1. The summed E-state index contributed by atoms with van der Waals surface area (Å²) in [7, 11) is 0. The summed E-state index contributed by atoms with van der Waals surface area (Å²) in [6.07, 6.45) is 1.38. The molecule has 0 atom stereocenters. The maximum absolute atomic E-state index is 13.7. The topological polar surface area (TPSA) is 62.1 Å². The highest BCUT2D eigenvalue weighted by Gasteiger charge is 2.14. The van der Waals surface area contributed by atoms with Gasteiger partial charge in [0.15, 0.2) is 0 Å². The Labute approximate surface area is 194 Å². The minimum absolute atomic E-state index is 0.0166. The van der Waals surface area contributed by atoms with Crippen LogP contribution < -0.4 is 10.1 Å². The van der Waals surface area contributed by atoms with Crippen molar-refractivity contribution in [1.29, 1.82) is 5.26 Å². The molecule has 8 heteroatoms. The van der Waals surface area contributed by atoms with Crippen LogP contribution in [0.25, 0.3) is 6.08 Å². The van der Waals surface area contributed by atoms with E-state index >= 15 is 0 Å². The van der Waals surface area contributed by atoms with E-state index in [9.17, 15) is 18.8 Å². The molecule has 0 radical (unpaired) electrons. The minimum Gasteiger partial charge on any atom is -0.487 e. The number of amides is 1. The predicted molar refractivity (Wildman–Crippen MR) is 121 cm³/mol. The molecule has 0 bridgehead atoms. The van der Waals surface area contributed by atoms with Gasteiger partial charge in [0, 0.05) is 0 Å². The molecule has 31 heavy (non-hydrogen) atoms. The highest BCUT2D eigenvalue weighted by Crippen LogP contribution is 2.36. The molecule has 156 valence electrons. The van der Waals surface area contributed by atoms with Crippen molar-refractivity contribution in [3.63, 3.8) is 0 Å². The molecule has 3 rings (SSSR count). The van der Waals surface area contributed by atoms with Crippen LogP contribution in [0.2, 0.25) is 0 Å². The van der Waals surface area contributed by atoms with E-state index in [4.69, 9.17) is 4.74 Å². The molecular formula is C23H14Br2F2N2O2. The van der Waals surface area contributed by atoms with E-state index in [1.54, 1.807) is 30.3 Å². The minimum atomic E-state index is -0.730. The van der Waals surface area contributed by atoms with Crippen molar-refractivity contribution in [3.05, 3.63) is 97.9 Å².